The number of carbonyl (C=O) groups excluding carboxylic acids is 2. The molecule has 1 saturated heterocycles. The predicted molar refractivity (Wildman–Crippen MR) is 120 cm³/mol. The maximum Gasteiger partial charge on any atom is 0.253 e. The van der Waals surface area contributed by atoms with Gasteiger partial charge in [0.1, 0.15) is 0 Å². The Kier molecular flexibility index (Phi) is 5.89. The number of likely N-dealkylation sites (tertiary alicyclic amines) is 1. The number of benzene rings is 2. The van der Waals surface area contributed by atoms with Crippen LogP contribution in [0, 0.1) is 13.8 Å². The minimum absolute atomic E-state index is 0.0409. The first-order valence-corrected chi connectivity index (χ1v) is 10.7. The molecule has 0 bridgehead atoms. The highest BCUT2D eigenvalue weighted by atomic mass is 16.2. The number of aromatic nitrogens is 2. The first-order chi connectivity index (χ1) is 14.9. The summed E-state index contributed by atoms with van der Waals surface area (Å²) >= 11 is 0. The van der Waals surface area contributed by atoms with Crippen LogP contribution in [0.25, 0.3) is 5.69 Å². The molecule has 0 spiro atoms. The van der Waals surface area contributed by atoms with Crippen molar-refractivity contribution in [1.29, 1.82) is 0 Å². The first-order valence-electron chi connectivity index (χ1n) is 10.7. The van der Waals surface area contributed by atoms with Crippen molar-refractivity contribution >= 4 is 11.8 Å². The van der Waals surface area contributed by atoms with Gasteiger partial charge in [-0.3, -0.25) is 9.59 Å². The molecule has 1 fully saturated rings. The van der Waals surface area contributed by atoms with Crippen molar-refractivity contribution in [2.24, 2.45) is 0 Å². The number of rotatable bonds is 6. The maximum atomic E-state index is 13.1. The van der Waals surface area contributed by atoms with Crippen molar-refractivity contribution in [2.75, 3.05) is 13.6 Å². The van der Waals surface area contributed by atoms with E-state index in [1.807, 2.05) is 85.1 Å². The number of hydrogen-bond donors (Lipinski definition) is 0. The van der Waals surface area contributed by atoms with Crippen molar-refractivity contribution in [2.45, 2.75) is 39.8 Å². The van der Waals surface area contributed by atoms with Gasteiger partial charge in [0, 0.05) is 49.9 Å². The number of hydrogen-bond acceptors (Lipinski definition) is 3. The van der Waals surface area contributed by atoms with E-state index < -0.39 is 0 Å². The summed E-state index contributed by atoms with van der Waals surface area (Å²) in [6, 6.07) is 17.6. The number of nitrogens with zero attached hydrogens (tertiary/aromatic N) is 4. The van der Waals surface area contributed by atoms with Crippen molar-refractivity contribution in [3.05, 3.63) is 82.7 Å². The molecule has 0 N–H and O–H groups in total. The Bertz CT molecular complexity index is 1100. The first kappa shape index (κ1) is 20.8. The van der Waals surface area contributed by atoms with Gasteiger partial charge in [0.2, 0.25) is 5.91 Å². The molecular weight excluding hydrogens is 388 g/mol. The minimum Gasteiger partial charge on any atom is -0.338 e. The third-order valence-corrected chi connectivity index (χ3v) is 5.90. The second-order valence-corrected chi connectivity index (χ2v) is 8.18. The van der Waals surface area contributed by atoms with Gasteiger partial charge in [0.25, 0.3) is 5.91 Å². The van der Waals surface area contributed by atoms with Crippen LogP contribution in [-0.2, 0) is 17.9 Å². The topological polar surface area (TPSA) is 58.4 Å². The van der Waals surface area contributed by atoms with Crippen LogP contribution in [0.2, 0.25) is 0 Å². The van der Waals surface area contributed by atoms with E-state index in [2.05, 4.69) is 5.10 Å². The molecule has 4 rings (SSSR count). The molecular formula is C25H28N4O2. The highest BCUT2D eigenvalue weighted by Gasteiger charge is 2.21. The Labute approximate surface area is 183 Å². The van der Waals surface area contributed by atoms with E-state index in [1.54, 1.807) is 4.90 Å². The third kappa shape index (κ3) is 4.38. The zero-order valence-corrected chi connectivity index (χ0v) is 18.3. The van der Waals surface area contributed by atoms with Crippen LogP contribution >= 0.6 is 0 Å². The Morgan fingerprint density at radius 1 is 1.10 bits per heavy atom. The lowest BCUT2D eigenvalue weighted by Gasteiger charge is -2.19. The summed E-state index contributed by atoms with van der Waals surface area (Å²) in [5, 5.41) is 4.69. The van der Waals surface area contributed by atoms with Crippen molar-refractivity contribution in [3.63, 3.8) is 0 Å². The molecule has 1 aliphatic heterocycles. The van der Waals surface area contributed by atoms with E-state index in [4.69, 9.17) is 0 Å². The van der Waals surface area contributed by atoms with Gasteiger partial charge in [-0.2, -0.15) is 5.10 Å². The van der Waals surface area contributed by atoms with Crippen molar-refractivity contribution in [3.8, 4) is 5.69 Å². The largest absolute Gasteiger partial charge is 0.338 e. The molecule has 0 saturated carbocycles. The summed E-state index contributed by atoms with van der Waals surface area (Å²) in [5.41, 5.74) is 5.63. The monoisotopic (exact) mass is 416 g/mol. The van der Waals surface area contributed by atoms with E-state index in [0.717, 1.165) is 41.2 Å². The van der Waals surface area contributed by atoms with Crippen LogP contribution in [0.4, 0.5) is 0 Å². The van der Waals surface area contributed by atoms with E-state index >= 15 is 0 Å². The summed E-state index contributed by atoms with van der Waals surface area (Å²) in [7, 11) is 1.82. The summed E-state index contributed by atoms with van der Waals surface area (Å²) in [4.78, 5) is 28.6. The van der Waals surface area contributed by atoms with Gasteiger partial charge in [-0.05, 0) is 50.1 Å². The molecule has 6 heteroatoms. The van der Waals surface area contributed by atoms with Crippen LogP contribution in [0.3, 0.4) is 0 Å². The molecule has 0 aliphatic carbocycles. The standard InChI is InChI=1S/C25H28N4O2/c1-18-23(19(2)29(26-18)22-11-5-4-6-12-22)17-27(3)25(31)21-10-7-9-20(15-21)16-28-14-8-13-24(28)30/h4-7,9-12,15H,8,13-14,16-17H2,1-3H3. The van der Waals surface area contributed by atoms with E-state index in [1.165, 1.54) is 0 Å². The SMILES string of the molecule is Cc1nn(-c2ccccc2)c(C)c1CN(C)C(=O)c1cccc(CN2CCCC2=O)c1. The molecule has 6 nitrogen and oxygen atoms in total. The van der Waals surface area contributed by atoms with Gasteiger partial charge >= 0.3 is 0 Å². The second-order valence-electron chi connectivity index (χ2n) is 8.18. The highest BCUT2D eigenvalue weighted by molar-refractivity contribution is 5.94. The molecule has 2 aromatic carbocycles. The molecule has 1 aromatic heterocycles. The van der Waals surface area contributed by atoms with E-state index in [-0.39, 0.29) is 11.8 Å². The normalized spacial score (nSPS) is 13.6. The van der Waals surface area contributed by atoms with Crippen molar-refractivity contribution < 1.29 is 9.59 Å². The lowest BCUT2D eigenvalue weighted by atomic mass is 10.1. The molecule has 2 amide bonds. The summed E-state index contributed by atoms with van der Waals surface area (Å²) < 4.78 is 1.93. The quantitative estimate of drug-likeness (QED) is 0.613. The van der Waals surface area contributed by atoms with Crippen LogP contribution in [0.15, 0.2) is 54.6 Å². The zero-order chi connectivity index (χ0) is 22.0. The lowest BCUT2D eigenvalue weighted by Crippen LogP contribution is -2.27. The molecule has 2 heterocycles. The van der Waals surface area contributed by atoms with Gasteiger partial charge in [0.15, 0.2) is 0 Å². The van der Waals surface area contributed by atoms with Crippen LogP contribution in [-0.4, -0.2) is 45.0 Å². The van der Waals surface area contributed by atoms with Gasteiger partial charge in [-0.1, -0.05) is 30.3 Å². The molecule has 3 aromatic rings. The van der Waals surface area contributed by atoms with Gasteiger partial charge < -0.3 is 9.80 Å². The Balaban J connectivity index is 1.50. The average molecular weight is 417 g/mol. The minimum atomic E-state index is -0.0409. The predicted octanol–water partition coefficient (Wildman–Crippen LogP) is 3.88. The van der Waals surface area contributed by atoms with Crippen LogP contribution in [0.5, 0.6) is 0 Å². The lowest BCUT2D eigenvalue weighted by molar-refractivity contribution is -0.128. The molecule has 0 radical (unpaired) electrons. The van der Waals surface area contributed by atoms with Crippen molar-refractivity contribution in [1.82, 2.24) is 19.6 Å². The van der Waals surface area contributed by atoms with E-state index in [9.17, 15) is 9.59 Å². The summed E-state index contributed by atoms with van der Waals surface area (Å²) in [6.07, 6.45) is 1.53. The fourth-order valence-corrected chi connectivity index (χ4v) is 4.15. The Hall–Kier alpha value is -3.41. The van der Waals surface area contributed by atoms with Gasteiger partial charge in [-0.15, -0.1) is 0 Å². The molecule has 160 valence electrons. The van der Waals surface area contributed by atoms with Crippen LogP contribution < -0.4 is 0 Å². The summed E-state index contributed by atoms with van der Waals surface area (Å²) in [5.74, 6) is 0.149. The third-order valence-electron chi connectivity index (χ3n) is 5.90. The Morgan fingerprint density at radius 2 is 1.87 bits per heavy atom. The van der Waals surface area contributed by atoms with Gasteiger partial charge in [-0.25, -0.2) is 4.68 Å². The zero-order valence-electron chi connectivity index (χ0n) is 18.3. The second kappa shape index (κ2) is 8.76. The highest BCUT2D eigenvalue weighted by Crippen LogP contribution is 2.21. The number of aryl methyl sites for hydroxylation is 1. The summed E-state index contributed by atoms with van der Waals surface area (Å²) in [6.45, 7) is 5.85. The number of amides is 2. The maximum absolute atomic E-state index is 13.1. The smallest absolute Gasteiger partial charge is 0.253 e. The molecule has 1 aliphatic rings. The molecule has 31 heavy (non-hydrogen) atoms. The van der Waals surface area contributed by atoms with E-state index in [0.29, 0.717) is 25.1 Å². The van der Waals surface area contributed by atoms with Crippen LogP contribution in [0.1, 0.15) is 45.7 Å². The number of para-hydroxylation sites is 1. The van der Waals surface area contributed by atoms with Gasteiger partial charge in [0.05, 0.1) is 11.4 Å². The Morgan fingerprint density at radius 3 is 2.58 bits per heavy atom. The fourth-order valence-electron chi connectivity index (χ4n) is 4.15. The average Bonchev–Trinajstić information content (AvgIpc) is 3.31. The molecule has 0 atom stereocenters. The fraction of sp³-hybridized carbons (Fsp3) is 0.320. The molecule has 0 unspecified atom stereocenters. The number of carbonyl (C=O) groups is 2.